The third-order valence-electron chi connectivity index (χ3n) is 3.40. The smallest absolute Gasteiger partial charge is 0.244 e. The molecule has 136 valence electrons. The van der Waals surface area contributed by atoms with E-state index in [0.717, 1.165) is 12.2 Å². The van der Waals surface area contributed by atoms with E-state index in [1.807, 2.05) is 0 Å². The molecular weight excluding hydrogens is 340 g/mol. The standard InChI is InChI=1S/C18H18N2O6/c21-13-3-1-11(7-15(13)23)9-19-17(25)5-6-18(26)20-10-12-2-4-14(22)16(24)8-12/h1-8,21-24H,9-10H2,(H,19,25)(H,20,26)/b6-5-. The van der Waals surface area contributed by atoms with E-state index in [4.69, 9.17) is 0 Å². The maximum Gasteiger partial charge on any atom is 0.244 e. The molecule has 0 radical (unpaired) electrons. The van der Waals surface area contributed by atoms with Crippen LogP contribution in [-0.4, -0.2) is 32.2 Å². The number of carbonyl (C=O) groups is 2. The van der Waals surface area contributed by atoms with Gasteiger partial charge < -0.3 is 31.1 Å². The lowest BCUT2D eigenvalue weighted by molar-refractivity contribution is -0.118. The van der Waals surface area contributed by atoms with E-state index in [0.29, 0.717) is 11.1 Å². The molecule has 0 bridgehead atoms. The Bertz CT molecular complexity index is 778. The Morgan fingerprint density at radius 1 is 0.692 bits per heavy atom. The van der Waals surface area contributed by atoms with Gasteiger partial charge in [0.25, 0.3) is 0 Å². The van der Waals surface area contributed by atoms with Crippen molar-refractivity contribution in [1.82, 2.24) is 10.6 Å². The first-order valence-corrected chi connectivity index (χ1v) is 7.60. The van der Waals surface area contributed by atoms with E-state index in [1.165, 1.54) is 24.3 Å². The van der Waals surface area contributed by atoms with E-state index in [-0.39, 0.29) is 36.1 Å². The summed E-state index contributed by atoms with van der Waals surface area (Å²) in [6.45, 7) is 0.233. The molecule has 0 aliphatic heterocycles. The number of rotatable bonds is 6. The summed E-state index contributed by atoms with van der Waals surface area (Å²) in [5.74, 6) is -2.08. The van der Waals surface area contributed by atoms with Crippen molar-refractivity contribution in [1.29, 1.82) is 0 Å². The summed E-state index contributed by atoms with van der Waals surface area (Å²) in [6, 6.07) is 8.33. The fraction of sp³-hybridized carbons (Fsp3) is 0.111. The summed E-state index contributed by atoms with van der Waals surface area (Å²) >= 11 is 0. The molecule has 0 aliphatic carbocycles. The van der Waals surface area contributed by atoms with Crippen LogP contribution in [0.15, 0.2) is 48.6 Å². The molecular formula is C18H18N2O6. The molecule has 2 rings (SSSR count). The molecule has 0 aliphatic rings. The van der Waals surface area contributed by atoms with Crippen molar-refractivity contribution in [3.63, 3.8) is 0 Å². The highest BCUT2D eigenvalue weighted by Gasteiger charge is 2.04. The fourth-order valence-electron chi connectivity index (χ4n) is 2.01. The van der Waals surface area contributed by atoms with E-state index < -0.39 is 11.8 Å². The lowest BCUT2D eigenvalue weighted by atomic mass is 10.2. The Kier molecular flexibility index (Phi) is 6.05. The third kappa shape index (κ3) is 5.45. The highest BCUT2D eigenvalue weighted by Crippen LogP contribution is 2.25. The molecule has 8 nitrogen and oxygen atoms in total. The zero-order valence-corrected chi connectivity index (χ0v) is 13.6. The summed E-state index contributed by atoms with van der Waals surface area (Å²) in [5, 5.41) is 42.2. The van der Waals surface area contributed by atoms with Crippen molar-refractivity contribution in [2.75, 3.05) is 0 Å². The van der Waals surface area contributed by atoms with Crippen LogP contribution in [0.4, 0.5) is 0 Å². The van der Waals surface area contributed by atoms with Crippen molar-refractivity contribution in [2.24, 2.45) is 0 Å². The van der Waals surface area contributed by atoms with Gasteiger partial charge in [0.15, 0.2) is 23.0 Å². The molecule has 0 spiro atoms. The van der Waals surface area contributed by atoms with Crippen LogP contribution < -0.4 is 10.6 Å². The Balaban J connectivity index is 1.78. The Hall–Kier alpha value is -3.68. The predicted molar refractivity (Wildman–Crippen MR) is 92.4 cm³/mol. The Morgan fingerprint density at radius 3 is 1.42 bits per heavy atom. The summed E-state index contributed by atoms with van der Waals surface area (Å²) in [4.78, 5) is 23.4. The third-order valence-corrected chi connectivity index (χ3v) is 3.40. The van der Waals surface area contributed by atoms with Gasteiger partial charge in [0.2, 0.25) is 11.8 Å². The molecule has 6 N–H and O–H groups in total. The van der Waals surface area contributed by atoms with Gasteiger partial charge in [-0.15, -0.1) is 0 Å². The van der Waals surface area contributed by atoms with E-state index in [2.05, 4.69) is 10.6 Å². The minimum absolute atomic E-state index is 0.116. The Morgan fingerprint density at radius 2 is 1.08 bits per heavy atom. The Labute approximate surface area is 149 Å². The zero-order chi connectivity index (χ0) is 19.1. The average molecular weight is 358 g/mol. The summed E-state index contributed by atoms with van der Waals surface area (Å²) in [6.07, 6.45) is 2.12. The second-order valence-corrected chi connectivity index (χ2v) is 5.42. The van der Waals surface area contributed by atoms with Crippen molar-refractivity contribution < 1.29 is 30.0 Å². The van der Waals surface area contributed by atoms with Gasteiger partial charge in [-0.05, 0) is 35.4 Å². The molecule has 2 aromatic rings. The van der Waals surface area contributed by atoms with Crippen LogP contribution in [0.2, 0.25) is 0 Å². The average Bonchev–Trinajstić information content (AvgIpc) is 2.62. The summed E-state index contributed by atoms with van der Waals surface area (Å²) in [7, 11) is 0. The van der Waals surface area contributed by atoms with Gasteiger partial charge >= 0.3 is 0 Å². The highest BCUT2D eigenvalue weighted by molar-refractivity contribution is 5.96. The summed E-state index contributed by atoms with van der Waals surface area (Å²) < 4.78 is 0. The number of hydrogen-bond donors (Lipinski definition) is 6. The second kappa shape index (κ2) is 8.43. The normalized spacial score (nSPS) is 10.6. The predicted octanol–water partition coefficient (Wildman–Crippen LogP) is 0.998. The number of phenols is 4. The minimum Gasteiger partial charge on any atom is -0.504 e. The van der Waals surface area contributed by atoms with Gasteiger partial charge in [0, 0.05) is 25.2 Å². The van der Waals surface area contributed by atoms with Crippen LogP contribution >= 0.6 is 0 Å². The van der Waals surface area contributed by atoms with Crippen LogP contribution in [0, 0.1) is 0 Å². The molecule has 0 saturated heterocycles. The molecule has 8 heteroatoms. The number of amides is 2. The van der Waals surface area contributed by atoms with Crippen molar-refractivity contribution in [3.8, 4) is 23.0 Å². The number of benzene rings is 2. The largest absolute Gasteiger partial charge is 0.504 e. The number of carbonyl (C=O) groups excluding carboxylic acids is 2. The first kappa shape index (κ1) is 18.7. The molecule has 0 aromatic heterocycles. The topological polar surface area (TPSA) is 139 Å². The zero-order valence-electron chi connectivity index (χ0n) is 13.6. The fourth-order valence-corrected chi connectivity index (χ4v) is 2.01. The maximum absolute atomic E-state index is 11.7. The lowest BCUT2D eigenvalue weighted by Crippen LogP contribution is -2.23. The second-order valence-electron chi connectivity index (χ2n) is 5.42. The quantitative estimate of drug-likeness (QED) is 0.336. The van der Waals surface area contributed by atoms with E-state index >= 15 is 0 Å². The molecule has 0 atom stereocenters. The first-order valence-electron chi connectivity index (χ1n) is 7.60. The minimum atomic E-state index is -0.505. The molecule has 26 heavy (non-hydrogen) atoms. The van der Waals surface area contributed by atoms with Crippen LogP contribution in [-0.2, 0) is 22.7 Å². The number of hydrogen-bond acceptors (Lipinski definition) is 6. The van der Waals surface area contributed by atoms with Gasteiger partial charge in [-0.25, -0.2) is 0 Å². The van der Waals surface area contributed by atoms with E-state index in [1.54, 1.807) is 12.1 Å². The van der Waals surface area contributed by atoms with Crippen molar-refractivity contribution >= 4 is 11.8 Å². The van der Waals surface area contributed by atoms with Crippen LogP contribution in [0.3, 0.4) is 0 Å². The van der Waals surface area contributed by atoms with Crippen LogP contribution in [0.5, 0.6) is 23.0 Å². The molecule has 0 unspecified atom stereocenters. The molecule has 0 saturated carbocycles. The monoisotopic (exact) mass is 358 g/mol. The van der Waals surface area contributed by atoms with Crippen molar-refractivity contribution in [3.05, 3.63) is 59.7 Å². The van der Waals surface area contributed by atoms with Gasteiger partial charge in [-0.1, -0.05) is 12.1 Å². The number of nitrogens with one attached hydrogen (secondary N) is 2. The molecule has 0 heterocycles. The summed E-state index contributed by atoms with van der Waals surface area (Å²) in [5.41, 5.74) is 1.16. The lowest BCUT2D eigenvalue weighted by Gasteiger charge is -2.05. The highest BCUT2D eigenvalue weighted by atomic mass is 16.3. The first-order chi connectivity index (χ1) is 12.3. The SMILES string of the molecule is O=C(/C=C\C(=O)NCc1ccc(O)c(O)c1)NCc1ccc(O)c(O)c1. The van der Waals surface area contributed by atoms with Gasteiger partial charge in [0.1, 0.15) is 0 Å². The number of aromatic hydroxyl groups is 4. The van der Waals surface area contributed by atoms with Gasteiger partial charge in [-0.2, -0.15) is 0 Å². The molecule has 0 fully saturated rings. The maximum atomic E-state index is 11.7. The molecule has 2 amide bonds. The number of phenolic OH excluding ortho intramolecular Hbond substituents is 4. The van der Waals surface area contributed by atoms with Crippen LogP contribution in [0.25, 0.3) is 0 Å². The van der Waals surface area contributed by atoms with Gasteiger partial charge in [-0.3, -0.25) is 9.59 Å². The molecule has 2 aromatic carbocycles. The van der Waals surface area contributed by atoms with Crippen molar-refractivity contribution in [2.45, 2.75) is 13.1 Å². The van der Waals surface area contributed by atoms with E-state index in [9.17, 15) is 30.0 Å². The van der Waals surface area contributed by atoms with Crippen LogP contribution in [0.1, 0.15) is 11.1 Å². The van der Waals surface area contributed by atoms with Gasteiger partial charge in [0.05, 0.1) is 0 Å².